The Balaban J connectivity index is 0.00000101. The van der Waals surface area contributed by atoms with Crippen LogP contribution in [0.25, 0.3) is 0 Å². The lowest BCUT2D eigenvalue weighted by Crippen LogP contribution is -2.59. The molecule has 6 N–H and O–H groups in total. The molecule has 1 amide bonds. The van der Waals surface area contributed by atoms with Gasteiger partial charge in [-0.15, -0.1) is 0 Å². The highest BCUT2D eigenvalue weighted by Crippen LogP contribution is 2.31. The normalized spacial score (nSPS) is 15.0. The number of anilines is 2. The van der Waals surface area contributed by atoms with E-state index >= 15 is 0 Å². The van der Waals surface area contributed by atoms with Crippen LogP contribution in [0.5, 0.6) is 5.75 Å². The quantitative estimate of drug-likeness (QED) is 0.550. The molecule has 3 rings (SSSR count). The lowest BCUT2D eigenvalue weighted by Gasteiger charge is -2.38. The fourth-order valence-corrected chi connectivity index (χ4v) is 3.26. The zero-order chi connectivity index (χ0) is 22.1. The highest BCUT2D eigenvalue weighted by atomic mass is 35.5. The number of aliphatic hydroxyl groups is 1. The molecular weight excluding hydrogens is 408 g/mol. The van der Waals surface area contributed by atoms with Gasteiger partial charge in [0.25, 0.3) is 0 Å². The summed E-state index contributed by atoms with van der Waals surface area (Å²) >= 11 is 6.19. The van der Waals surface area contributed by atoms with Gasteiger partial charge in [-0.25, -0.2) is 9.97 Å². The van der Waals surface area contributed by atoms with Crippen LogP contribution in [0.15, 0.2) is 30.6 Å². The third kappa shape index (κ3) is 5.94. The Kier molecular flexibility index (Phi) is 8.64. The number of hydrogen-bond donors (Lipinski definition) is 4. The molecule has 30 heavy (non-hydrogen) atoms. The van der Waals surface area contributed by atoms with E-state index in [1.54, 1.807) is 14.0 Å². The van der Waals surface area contributed by atoms with Crippen LogP contribution < -0.4 is 26.4 Å². The molecule has 10 heteroatoms. The van der Waals surface area contributed by atoms with Crippen LogP contribution in [-0.4, -0.2) is 53.3 Å². The van der Waals surface area contributed by atoms with Gasteiger partial charge < -0.3 is 31.5 Å². The maximum absolute atomic E-state index is 12.6. The van der Waals surface area contributed by atoms with Crippen LogP contribution in [0, 0.1) is 0 Å². The van der Waals surface area contributed by atoms with E-state index in [9.17, 15) is 4.79 Å². The topological polar surface area (TPSA) is 140 Å². The molecule has 1 fully saturated rings. The predicted octanol–water partition coefficient (Wildman–Crippen LogP) is 1.33. The van der Waals surface area contributed by atoms with Crippen molar-refractivity contribution in [2.24, 2.45) is 5.73 Å². The first-order valence-corrected chi connectivity index (χ1v) is 10.0. The van der Waals surface area contributed by atoms with Crippen LogP contribution >= 0.6 is 11.6 Å². The average molecular weight is 437 g/mol. The number of nitrogens with one attached hydrogen (secondary N) is 1. The summed E-state index contributed by atoms with van der Waals surface area (Å²) in [5, 5.41) is 10.8. The summed E-state index contributed by atoms with van der Waals surface area (Å²) in [6.45, 7) is 3.46. The molecular formula is C20H29ClN6O3. The number of nitrogens with two attached hydrogens (primary N) is 2. The van der Waals surface area contributed by atoms with E-state index in [1.165, 1.54) is 6.33 Å². The molecule has 0 atom stereocenters. The number of piperidine rings is 1. The van der Waals surface area contributed by atoms with Gasteiger partial charge >= 0.3 is 0 Å². The number of benzene rings is 1. The van der Waals surface area contributed by atoms with Crippen molar-refractivity contribution in [3.05, 3.63) is 41.2 Å². The molecule has 0 aliphatic carbocycles. The minimum Gasteiger partial charge on any atom is -0.497 e. The summed E-state index contributed by atoms with van der Waals surface area (Å²) in [7, 11) is 1.62. The van der Waals surface area contributed by atoms with Gasteiger partial charge in [0, 0.05) is 26.2 Å². The number of methoxy groups -OCH3 is 1. The van der Waals surface area contributed by atoms with E-state index in [-0.39, 0.29) is 18.3 Å². The standard InChI is InChI=1S/C18H23ClN6O2.C2H6O/c1-27-13-4-2-12(3-5-13)10-22-17(26)18(21)6-8-25(9-7-18)16-14(19)15(20)23-11-24-16;1-2-3/h2-5,11H,6-10,21H2,1H3,(H,22,26)(H2,20,23,24);3H,2H2,1H3. The molecule has 2 heterocycles. The molecule has 1 saturated heterocycles. The maximum atomic E-state index is 12.6. The average Bonchev–Trinajstić information content (AvgIpc) is 2.75. The van der Waals surface area contributed by atoms with Crippen LogP contribution in [-0.2, 0) is 11.3 Å². The Bertz CT molecular complexity index is 826. The van der Waals surface area contributed by atoms with Gasteiger partial charge in [-0.3, -0.25) is 4.79 Å². The smallest absolute Gasteiger partial charge is 0.240 e. The summed E-state index contributed by atoms with van der Waals surface area (Å²) in [5.41, 5.74) is 12.2. The second-order valence-electron chi connectivity index (χ2n) is 6.89. The molecule has 1 aromatic carbocycles. The lowest BCUT2D eigenvalue weighted by molar-refractivity contribution is -0.127. The number of halogens is 1. The first-order valence-electron chi connectivity index (χ1n) is 9.66. The lowest BCUT2D eigenvalue weighted by atomic mass is 9.87. The molecule has 2 aromatic rings. The summed E-state index contributed by atoms with van der Waals surface area (Å²) in [4.78, 5) is 22.7. The van der Waals surface area contributed by atoms with Crippen LogP contribution in [0.1, 0.15) is 25.3 Å². The number of carbonyl (C=O) groups excluding carboxylic acids is 1. The number of hydrogen-bond acceptors (Lipinski definition) is 8. The van der Waals surface area contributed by atoms with E-state index in [4.69, 9.17) is 32.9 Å². The minimum absolute atomic E-state index is 0.161. The molecule has 164 valence electrons. The molecule has 0 spiro atoms. The van der Waals surface area contributed by atoms with E-state index in [2.05, 4.69) is 15.3 Å². The zero-order valence-electron chi connectivity index (χ0n) is 17.3. The molecule has 1 aromatic heterocycles. The van der Waals surface area contributed by atoms with Gasteiger partial charge in [-0.1, -0.05) is 23.7 Å². The second kappa shape index (κ2) is 11.0. The number of ether oxygens (including phenoxy) is 1. The van der Waals surface area contributed by atoms with Gasteiger partial charge in [-0.2, -0.15) is 0 Å². The molecule has 1 aliphatic heterocycles. The number of nitrogens with zero attached hydrogens (tertiary/aromatic N) is 3. The summed E-state index contributed by atoms with van der Waals surface area (Å²) < 4.78 is 5.13. The molecule has 9 nitrogen and oxygen atoms in total. The Morgan fingerprint density at radius 1 is 1.30 bits per heavy atom. The van der Waals surface area contributed by atoms with Crippen molar-refractivity contribution in [3.63, 3.8) is 0 Å². The first-order chi connectivity index (χ1) is 14.3. The first kappa shape index (κ1) is 23.7. The van der Waals surface area contributed by atoms with Crippen LogP contribution in [0.3, 0.4) is 0 Å². The molecule has 0 unspecified atom stereocenters. The number of aromatic nitrogens is 2. The van der Waals surface area contributed by atoms with Gasteiger partial charge in [-0.05, 0) is 37.5 Å². The van der Waals surface area contributed by atoms with Gasteiger partial charge in [0.1, 0.15) is 22.9 Å². The van der Waals surface area contributed by atoms with Crippen molar-refractivity contribution < 1.29 is 14.6 Å². The SMILES string of the molecule is CCO.COc1ccc(CNC(=O)C2(N)CCN(c3ncnc(N)c3Cl)CC2)cc1. The highest BCUT2D eigenvalue weighted by molar-refractivity contribution is 6.35. The number of amides is 1. The Labute approximate surface area is 181 Å². The third-order valence-electron chi connectivity index (χ3n) is 4.82. The minimum atomic E-state index is -0.923. The molecule has 0 saturated carbocycles. The summed E-state index contributed by atoms with van der Waals surface area (Å²) in [6.07, 6.45) is 2.35. The number of aliphatic hydroxyl groups excluding tert-OH is 1. The third-order valence-corrected chi connectivity index (χ3v) is 5.18. The Morgan fingerprint density at radius 3 is 2.47 bits per heavy atom. The van der Waals surface area contributed by atoms with E-state index < -0.39 is 5.54 Å². The zero-order valence-corrected chi connectivity index (χ0v) is 18.0. The van der Waals surface area contributed by atoms with Crippen LogP contribution in [0.2, 0.25) is 5.02 Å². The monoisotopic (exact) mass is 436 g/mol. The van der Waals surface area contributed by atoms with E-state index in [0.717, 1.165) is 11.3 Å². The Morgan fingerprint density at radius 2 is 1.90 bits per heavy atom. The predicted molar refractivity (Wildman–Crippen MR) is 117 cm³/mol. The van der Waals surface area contributed by atoms with Gasteiger partial charge in [0.2, 0.25) is 5.91 Å². The fraction of sp³-hybridized carbons (Fsp3) is 0.450. The van der Waals surface area contributed by atoms with E-state index in [1.807, 2.05) is 29.2 Å². The largest absolute Gasteiger partial charge is 0.497 e. The van der Waals surface area contributed by atoms with Crippen molar-refractivity contribution >= 4 is 29.1 Å². The van der Waals surface area contributed by atoms with Gasteiger partial charge in [0.15, 0.2) is 5.82 Å². The molecule has 0 bridgehead atoms. The van der Waals surface area contributed by atoms with Crippen molar-refractivity contribution in [3.8, 4) is 5.75 Å². The van der Waals surface area contributed by atoms with Crippen molar-refractivity contribution in [1.29, 1.82) is 0 Å². The number of carbonyl (C=O) groups is 1. The maximum Gasteiger partial charge on any atom is 0.240 e. The summed E-state index contributed by atoms with van der Waals surface area (Å²) in [6, 6.07) is 7.53. The highest BCUT2D eigenvalue weighted by Gasteiger charge is 2.38. The van der Waals surface area contributed by atoms with E-state index in [0.29, 0.717) is 43.3 Å². The molecule has 0 radical (unpaired) electrons. The van der Waals surface area contributed by atoms with Crippen LogP contribution in [0.4, 0.5) is 11.6 Å². The number of rotatable bonds is 5. The van der Waals surface area contributed by atoms with Gasteiger partial charge in [0.05, 0.1) is 12.6 Å². The second-order valence-corrected chi connectivity index (χ2v) is 7.26. The van der Waals surface area contributed by atoms with Crippen molar-refractivity contribution in [2.75, 3.05) is 37.4 Å². The fourth-order valence-electron chi connectivity index (χ4n) is 3.04. The Hall–Kier alpha value is -2.62. The number of nitrogen functional groups attached to an aromatic ring is 1. The van der Waals surface area contributed by atoms with Crippen molar-refractivity contribution in [2.45, 2.75) is 31.8 Å². The summed E-state index contributed by atoms with van der Waals surface area (Å²) in [5.74, 6) is 1.43. The molecule has 1 aliphatic rings. The van der Waals surface area contributed by atoms with Crippen molar-refractivity contribution in [1.82, 2.24) is 15.3 Å².